The number of allylic oxidation sites excluding steroid dienone is 1. The van der Waals surface area contributed by atoms with Crippen LogP contribution in [0.5, 0.6) is 0 Å². The maximum Gasteiger partial charge on any atom is 0.305 e. The maximum atomic E-state index is 11.9. The van der Waals surface area contributed by atoms with Crippen LogP contribution in [-0.4, -0.2) is 12.1 Å². The largest absolute Gasteiger partial charge is 0.462 e. The fourth-order valence-corrected chi connectivity index (χ4v) is 9.02. The van der Waals surface area contributed by atoms with Gasteiger partial charge in [-0.15, -0.1) is 0 Å². The minimum absolute atomic E-state index is 0.0270. The summed E-state index contributed by atoms with van der Waals surface area (Å²) in [6, 6.07) is 0. The monoisotopic (exact) mass is 442 g/mol. The number of esters is 1. The lowest BCUT2D eigenvalue weighted by Crippen LogP contribution is -2.51. The summed E-state index contributed by atoms with van der Waals surface area (Å²) in [4.78, 5) is 11.9. The molecule has 0 amide bonds. The van der Waals surface area contributed by atoms with Gasteiger partial charge < -0.3 is 4.74 Å². The van der Waals surface area contributed by atoms with Gasteiger partial charge in [-0.05, 0) is 91.3 Å². The molecule has 0 spiro atoms. The zero-order valence-electron chi connectivity index (χ0n) is 21.9. The molecule has 0 aliphatic heterocycles. The molecule has 0 aromatic carbocycles. The van der Waals surface area contributed by atoms with Crippen molar-refractivity contribution in [2.45, 2.75) is 125 Å². The normalized spacial score (nSPS) is 42.0. The highest BCUT2D eigenvalue weighted by atomic mass is 16.5. The zero-order chi connectivity index (χ0) is 23.1. The van der Waals surface area contributed by atoms with Gasteiger partial charge in [0.2, 0.25) is 0 Å². The minimum Gasteiger partial charge on any atom is -0.462 e. The minimum atomic E-state index is -0.0270. The smallest absolute Gasteiger partial charge is 0.305 e. The van der Waals surface area contributed by atoms with Gasteiger partial charge in [0.1, 0.15) is 6.10 Å². The molecule has 4 rings (SSSR count). The first-order valence-electron chi connectivity index (χ1n) is 14.1. The Morgan fingerprint density at radius 3 is 2.56 bits per heavy atom. The SMILES string of the molecule is CCC(=O)OC1CC[C@@]2(C)C(=CC[C@H]3[C@@H]4CC[C@H](C(C)CCCC(C)C)[C@@]4(C)CC[C@@H]32)C1. The fourth-order valence-electron chi connectivity index (χ4n) is 9.02. The Morgan fingerprint density at radius 1 is 1.06 bits per heavy atom. The first-order valence-corrected chi connectivity index (χ1v) is 14.1. The van der Waals surface area contributed by atoms with Crippen molar-refractivity contribution >= 4 is 5.97 Å². The summed E-state index contributed by atoms with van der Waals surface area (Å²) >= 11 is 0. The van der Waals surface area contributed by atoms with Gasteiger partial charge >= 0.3 is 5.97 Å². The van der Waals surface area contributed by atoms with Gasteiger partial charge in [0, 0.05) is 12.8 Å². The van der Waals surface area contributed by atoms with Crippen LogP contribution in [0.2, 0.25) is 0 Å². The lowest BCUT2D eigenvalue weighted by Gasteiger charge is -2.58. The highest BCUT2D eigenvalue weighted by molar-refractivity contribution is 5.69. The van der Waals surface area contributed by atoms with Crippen LogP contribution in [0, 0.1) is 46.3 Å². The van der Waals surface area contributed by atoms with Crippen LogP contribution >= 0.6 is 0 Å². The number of carbonyl (C=O) groups is 1. The molecule has 4 aliphatic carbocycles. The highest BCUT2D eigenvalue weighted by Gasteiger charge is 2.59. The molecule has 0 saturated heterocycles. The average molecular weight is 443 g/mol. The predicted molar refractivity (Wildman–Crippen MR) is 133 cm³/mol. The van der Waals surface area contributed by atoms with E-state index < -0.39 is 0 Å². The topological polar surface area (TPSA) is 26.3 Å². The second-order valence-electron chi connectivity index (χ2n) is 13.0. The first kappa shape index (κ1) is 24.3. The molecule has 3 fully saturated rings. The number of hydrogen-bond donors (Lipinski definition) is 0. The van der Waals surface area contributed by atoms with Crippen LogP contribution in [0.25, 0.3) is 0 Å². The molecule has 0 aromatic heterocycles. The van der Waals surface area contributed by atoms with Crippen LogP contribution in [-0.2, 0) is 9.53 Å². The Kier molecular flexibility index (Phi) is 7.19. The third kappa shape index (κ3) is 4.34. The molecule has 2 heteroatoms. The molecule has 8 atom stereocenters. The molecule has 0 radical (unpaired) electrons. The van der Waals surface area contributed by atoms with E-state index in [0.29, 0.717) is 17.3 Å². The number of carbonyl (C=O) groups excluding carboxylic acids is 1. The third-order valence-corrected chi connectivity index (χ3v) is 10.8. The van der Waals surface area contributed by atoms with Crippen LogP contribution < -0.4 is 0 Å². The van der Waals surface area contributed by atoms with E-state index in [-0.39, 0.29) is 12.1 Å². The molecule has 0 aromatic rings. The van der Waals surface area contributed by atoms with E-state index in [1.807, 2.05) is 6.92 Å². The van der Waals surface area contributed by atoms with Crippen molar-refractivity contribution in [3.8, 4) is 0 Å². The van der Waals surface area contributed by atoms with Gasteiger partial charge in [0.05, 0.1) is 0 Å². The summed E-state index contributed by atoms with van der Waals surface area (Å²) in [5, 5.41) is 0. The molecule has 2 nitrogen and oxygen atoms in total. The van der Waals surface area contributed by atoms with Gasteiger partial charge in [-0.2, -0.15) is 0 Å². The number of ether oxygens (including phenoxy) is 1. The van der Waals surface area contributed by atoms with E-state index in [1.165, 1.54) is 57.8 Å². The van der Waals surface area contributed by atoms with Crippen LogP contribution in [0.3, 0.4) is 0 Å². The van der Waals surface area contributed by atoms with Crippen molar-refractivity contribution in [1.82, 2.24) is 0 Å². The quantitative estimate of drug-likeness (QED) is 0.292. The lowest BCUT2D eigenvalue weighted by atomic mass is 9.47. The molecule has 0 N–H and O–H groups in total. The number of fused-ring (bicyclic) bond motifs is 5. The number of hydrogen-bond acceptors (Lipinski definition) is 2. The summed E-state index contributed by atoms with van der Waals surface area (Å²) in [6.07, 6.45) is 17.8. The zero-order valence-corrected chi connectivity index (χ0v) is 21.9. The Hall–Kier alpha value is -0.790. The average Bonchev–Trinajstić information content (AvgIpc) is 3.11. The Morgan fingerprint density at radius 2 is 1.84 bits per heavy atom. The highest BCUT2D eigenvalue weighted by Crippen LogP contribution is 2.67. The van der Waals surface area contributed by atoms with Gasteiger partial charge in [0.25, 0.3) is 0 Å². The Labute approximate surface area is 198 Å². The standard InChI is InChI=1S/C30H50O2/c1-7-28(31)32-23-15-17-29(5)22(19-23)11-12-24-26-14-13-25(21(4)10-8-9-20(2)3)30(26,6)18-16-27(24)29/h11,20-21,23-27H,7-10,12-19H2,1-6H3/t21?,23?,24-,25+,26-,27-,29-,30+/m0/s1. The van der Waals surface area contributed by atoms with Crippen molar-refractivity contribution < 1.29 is 9.53 Å². The van der Waals surface area contributed by atoms with E-state index in [2.05, 4.69) is 40.7 Å². The molecular formula is C30H50O2. The van der Waals surface area contributed by atoms with Gasteiger partial charge in [-0.25, -0.2) is 0 Å². The van der Waals surface area contributed by atoms with E-state index in [4.69, 9.17) is 4.74 Å². The summed E-state index contributed by atoms with van der Waals surface area (Å²) in [6.45, 7) is 14.5. The predicted octanol–water partition coefficient (Wildman–Crippen LogP) is 8.35. The van der Waals surface area contributed by atoms with Gasteiger partial charge in [-0.1, -0.05) is 72.5 Å². The van der Waals surface area contributed by atoms with Crippen LogP contribution in [0.1, 0.15) is 119 Å². The van der Waals surface area contributed by atoms with Crippen LogP contribution in [0.4, 0.5) is 0 Å². The first-order chi connectivity index (χ1) is 15.2. The van der Waals surface area contributed by atoms with Crippen molar-refractivity contribution in [2.75, 3.05) is 0 Å². The number of rotatable bonds is 7. The third-order valence-electron chi connectivity index (χ3n) is 10.8. The Balaban J connectivity index is 1.45. The second kappa shape index (κ2) is 9.46. The molecular weight excluding hydrogens is 392 g/mol. The molecule has 0 heterocycles. The second-order valence-corrected chi connectivity index (χ2v) is 13.0. The summed E-state index contributed by atoms with van der Waals surface area (Å²) < 4.78 is 5.76. The van der Waals surface area contributed by atoms with E-state index in [0.717, 1.165) is 48.3 Å². The van der Waals surface area contributed by atoms with Crippen LogP contribution in [0.15, 0.2) is 11.6 Å². The van der Waals surface area contributed by atoms with E-state index in [9.17, 15) is 4.79 Å². The molecule has 2 unspecified atom stereocenters. The van der Waals surface area contributed by atoms with E-state index in [1.54, 1.807) is 5.57 Å². The van der Waals surface area contributed by atoms with E-state index >= 15 is 0 Å². The van der Waals surface area contributed by atoms with Crippen molar-refractivity contribution in [3.63, 3.8) is 0 Å². The lowest BCUT2D eigenvalue weighted by molar-refractivity contribution is -0.151. The fraction of sp³-hybridized carbons (Fsp3) is 0.900. The summed E-state index contributed by atoms with van der Waals surface area (Å²) in [5.74, 6) is 5.28. The van der Waals surface area contributed by atoms with Crippen molar-refractivity contribution in [3.05, 3.63) is 11.6 Å². The molecule has 182 valence electrons. The summed E-state index contributed by atoms with van der Waals surface area (Å²) in [5.41, 5.74) is 2.54. The molecule has 4 aliphatic rings. The van der Waals surface area contributed by atoms with Gasteiger partial charge in [0.15, 0.2) is 0 Å². The van der Waals surface area contributed by atoms with Gasteiger partial charge in [-0.3, -0.25) is 4.79 Å². The Bertz CT molecular complexity index is 708. The van der Waals surface area contributed by atoms with Crippen molar-refractivity contribution in [2.24, 2.45) is 46.3 Å². The molecule has 32 heavy (non-hydrogen) atoms. The summed E-state index contributed by atoms with van der Waals surface area (Å²) in [7, 11) is 0. The molecule has 3 saturated carbocycles. The maximum absolute atomic E-state index is 11.9. The van der Waals surface area contributed by atoms with Crippen molar-refractivity contribution in [1.29, 1.82) is 0 Å². The molecule has 0 bridgehead atoms.